The van der Waals surface area contributed by atoms with Crippen molar-refractivity contribution in [2.75, 3.05) is 24.6 Å². The summed E-state index contributed by atoms with van der Waals surface area (Å²) < 4.78 is 6.15. The molecule has 100 valence electrons. The second kappa shape index (κ2) is 6.39. The molecule has 2 nitrogen and oxygen atoms in total. The van der Waals surface area contributed by atoms with Crippen molar-refractivity contribution in [1.29, 1.82) is 0 Å². The van der Waals surface area contributed by atoms with Gasteiger partial charge in [-0.15, -0.1) is 0 Å². The molecule has 0 aliphatic carbocycles. The van der Waals surface area contributed by atoms with E-state index in [1.807, 2.05) is 0 Å². The molecule has 2 rings (SSSR count). The summed E-state index contributed by atoms with van der Waals surface area (Å²) in [6.07, 6.45) is 3.98. The summed E-state index contributed by atoms with van der Waals surface area (Å²) in [7, 11) is -1.38. The summed E-state index contributed by atoms with van der Waals surface area (Å²) in [5.74, 6) is 0. The summed E-state index contributed by atoms with van der Waals surface area (Å²) in [5.41, 5.74) is 1.33. The highest BCUT2D eigenvalue weighted by Crippen LogP contribution is 2.20. The molecule has 0 aromatic heterocycles. The van der Waals surface area contributed by atoms with Crippen LogP contribution in [0, 0.1) is 0 Å². The van der Waals surface area contributed by atoms with Crippen molar-refractivity contribution in [3.63, 3.8) is 0 Å². The van der Waals surface area contributed by atoms with Crippen LogP contribution in [0.4, 0.5) is 5.69 Å². The van der Waals surface area contributed by atoms with Crippen LogP contribution >= 0.6 is 0 Å². The van der Waals surface area contributed by atoms with Crippen molar-refractivity contribution in [2.24, 2.45) is 0 Å². The van der Waals surface area contributed by atoms with Gasteiger partial charge in [0.15, 0.2) is 8.32 Å². The number of benzene rings is 1. The minimum atomic E-state index is -1.38. The van der Waals surface area contributed by atoms with Crippen molar-refractivity contribution >= 4 is 14.0 Å². The predicted molar refractivity (Wildman–Crippen MR) is 80.7 cm³/mol. The smallest absolute Gasteiger partial charge is 0.186 e. The van der Waals surface area contributed by atoms with Gasteiger partial charge in [0.05, 0.1) is 6.61 Å². The molecule has 1 aromatic rings. The van der Waals surface area contributed by atoms with Gasteiger partial charge in [0, 0.05) is 18.8 Å². The summed E-state index contributed by atoms with van der Waals surface area (Å²) in [6, 6.07) is 12.0. The highest BCUT2D eigenvalue weighted by atomic mass is 28.4. The highest BCUT2D eigenvalue weighted by molar-refractivity contribution is 6.71. The molecule has 1 aliphatic heterocycles. The van der Waals surface area contributed by atoms with Gasteiger partial charge in [0.2, 0.25) is 0 Å². The van der Waals surface area contributed by atoms with Gasteiger partial charge < -0.3 is 9.33 Å². The van der Waals surface area contributed by atoms with Crippen LogP contribution in [0.3, 0.4) is 0 Å². The average Bonchev–Trinajstić information content (AvgIpc) is 2.37. The van der Waals surface area contributed by atoms with Crippen LogP contribution < -0.4 is 4.90 Å². The van der Waals surface area contributed by atoms with Crippen LogP contribution in [0.25, 0.3) is 0 Å². The molecule has 1 fully saturated rings. The molecule has 0 saturated carbocycles. The normalized spacial score (nSPS) is 21.6. The first-order valence-electron chi connectivity index (χ1n) is 7.11. The van der Waals surface area contributed by atoms with E-state index in [9.17, 15) is 0 Å². The van der Waals surface area contributed by atoms with Crippen LogP contribution in [0.2, 0.25) is 19.1 Å². The van der Waals surface area contributed by atoms with Crippen molar-refractivity contribution in [3.05, 3.63) is 30.3 Å². The van der Waals surface area contributed by atoms with Gasteiger partial charge in [-0.3, -0.25) is 0 Å². The van der Waals surface area contributed by atoms with Gasteiger partial charge in [-0.2, -0.15) is 0 Å². The van der Waals surface area contributed by atoms with Crippen LogP contribution in [0.1, 0.15) is 19.3 Å². The topological polar surface area (TPSA) is 12.5 Å². The Balaban J connectivity index is 1.99. The molecular weight excluding hydrogens is 238 g/mol. The largest absolute Gasteiger partial charge is 0.416 e. The second-order valence-corrected chi connectivity index (χ2v) is 10.0. The van der Waals surface area contributed by atoms with Crippen molar-refractivity contribution < 1.29 is 4.43 Å². The lowest BCUT2D eigenvalue weighted by molar-refractivity contribution is 0.308. The molecule has 0 amide bonds. The third-order valence-corrected chi connectivity index (χ3v) is 6.23. The Morgan fingerprint density at radius 3 is 2.56 bits per heavy atom. The molecular formula is C15H25NOSi. The lowest BCUT2D eigenvalue weighted by Gasteiger charge is -2.30. The molecule has 0 atom stereocenters. The van der Waals surface area contributed by atoms with E-state index in [1.54, 1.807) is 0 Å². The number of rotatable bonds is 1. The molecule has 0 radical (unpaired) electrons. The van der Waals surface area contributed by atoms with Gasteiger partial charge >= 0.3 is 0 Å². The predicted octanol–water partition coefficient (Wildman–Crippen LogP) is 3.90. The fourth-order valence-corrected chi connectivity index (χ4v) is 4.43. The minimum absolute atomic E-state index is 0.883. The quantitative estimate of drug-likeness (QED) is 0.713. The molecule has 18 heavy (non-hydrogen) atoms. The maximum atomic E-state index is 6.15. The van der Waals surface area contributed by atoms with E-state index in [4.69, 9.17) is 4.43 Å². The highest BCUT2D eigenvalue weighted by Gasteiger charge is 2.22. The van der Waals surface area contributed by atoms with E-state index >= 15 is 0 Å². The minimum Gasteiger partial charge on any atom is -0.416 e. The van der Waals surface area contributed by atoms with Crippen LogP contribution in [-0.4, -0.2) is 28.0 Å². The van der Waals surface area contributed by atoms with Crippen LogP contribution in [0.15, 0.2) is 30.3 Å². The summed E-state index contributed by atoms with van der Waals surface area (Å²) in [4.78, 5) is 2.47. The molecule has 0 spiro atoms. The van der Waals surface area contributed by atoms with Gasteiger partial charge in [-0.25, -0.2) is 0 Å². The van der Waals surface area contributed by atoms with E-state index in [1.165, 1.54) is 31.0 Å². The zero-order valence-electron chi connectivity index (χ0n) is 11.7. The Morgan fingerprint density at radius 2 is 1.78 bits per heavy atom. The Bertz CT molecular complexity index is 353. The Kier molecular flexibility index (Phi) is 4.84. The van der Waals surface area contributed by atoms with Crippen LogP contribution in [0.5, 0.6) is 0 Å². The first kappa shape index (κ1) is 13.6. The molecule has 0 N–H and O–H groups in total. The molecule has 0 unspecified atom stereocenters. The molecule has 1 aromatic carbocycles. The molecule has 1 saturated heterocycles. The number of hydrogen-bond acceptors (Lipinski definition) is 2. The zero-order chi connectivity index (χ0) is 12.8. The molecule has 3 heteroatoms. The van der Waals surface area contributed by atoms with Crippen molar-refractivity contribution in [3.8, 4) is 0 Å². The lowest BCUT2D eigenvalue weighted by Crippen LogP contribution is -2.36. The Morgan fingerprint density at radius 1 is 1.00 bits per heavy atom. The average molecular weight is 263 g/mol. The molecule has 1 aliphatic rings. The maximum absolute atomic E-state index is 6.15. The first-order chi connectivity index (χ1) is 8.67. The van der Waals surface area contributed by atoms with Gasteiger partial charge in [0.25, 0.3) is 0 Å². The third kappa shape index (κ3) is 4.14. The van der Waals surface area contributed by atoms with Crippen molar-refractivity contribution in [1.82, 2.24) is 0 Å². The van der Waals surface area contributed by atoms with E-state index in [2.05, 4.69) is 48.3 Å². The van der Waals surface area contributed by atoms with E-state index in [0.717, 1.165) is 19.7 Å². The lowest BCUT2D eigenvalue weighted by atomic mass is 10.2. The Hall–Kier alpha value is -0.803. The van der Waals surface area contributed by atoms with Crippen LogP contribution in [-0.2, 0) is 4.43 Å². The number of para-hydroxylation sites is 1. The summed E-state index contributed by atoms with van der Waals surface area (Å²) in [5, 5.41) is 0. The number of anilines is 1. The van der Waals surface area contributed by atoms with Gasteiger partial charge in [0.1, 0.15) is 0 Å². The van der Waals surface area contributed by atoms with Crippen molar-refractivity contribution in [2.45, 2.75) is 38.4 Å². The van der Waals surface area contributed by atoms with E-state index < -0.39 is 8.32 Å². The fourth-order valence-electron chi connectivity index (χ4n) is 2.54. The molecule has 1 heterocycles. The van der Waals surface area contributed by atoms with E-state index in [-0.39, 0.29) is 0 Å². The van der Waals surface area contributed by atoms with Gasteiger partial charge in [-0.05, 0) is 37.7 Å². The standard InChI is InChI=1S/C15H25NOSi/c1-18(2)14-8-4-7-11-16(12-13-17-18)15-9-5-3-6-10-15/h3,5-6,9-10H,4,7-8,11-14H2,1-2H3. The Labute approximate surface area is 112 Å². The molecule has 0 bridgehead atoms. The zero-order valence-corrected chi connectivity index (χ0v) is 12.7. The third-order valence-electron chi connectivity index (χ3n) is 3.68. The SMILES string of the molecule is C[Si]1(C)CCCCCN(c2ccccc2)CCO1. The number of hydrogen-bond donors (Lipinski definition) is 0. The second-order valence-electron chi connectivity index (χ2n) is 5.74. The fraction of sp³-hybridized carbons (Fsp3) is 0.600. The van der Waals surface area contributed by atoms with Gasteiger partial charge in [-0.1, -0.05) is 31.0 Å². The first-order valence-corrected chi connectivity index (χ1v) is 10.2. The van der Waals surface area contributed by atoms with E-state index in [0.29, 0.717) is 0 Å². The number of nitrogens with zero attached hydrogens (tertiary/aromatic N) is 1. The monoisotopic (exact) mass is 263 g/mol. The maximum Gasteiger partial charge on any atom is 0.186 e. The summed E-state index contributed by atoms with van der Waals surface area (Å²) >= 11 is 0. The summed E-state index contributed by atoms with van der Waals surface area (Å²) in [6.45, 7) is 7.77.